The average molecular weight is 230 g/mol. The van der Waals surface area contributed by atoms with E-state index in [9.17, 15) is 8.42 Å². The zero-order valence-electron chi connectivity index (χ0n) is 8.97. The molecule has 0 radical (unpaired) electrons. The number of aryl methyl sites for hydroxylation is 1. The van der Waals surface area contributed by atoms with Crippen molar-refractivity contribution < 1.29 is 13.2 Å². The van der Waals surface area contributed by atoms with E-state index in [4.69, 9.17) is 4.74 Å². The molecule has 0 saturated carbocycles. The van der Waals surface area contributed by atoms with Gasteiger partial charge in [-0.2, -0.15) is 0 Å². The summed E-state index contributed by atoms with van der Waals surface area (Å²) in [6.07, 6.45) is 3.83. The first-order chi connectivity index (χ1) is 6.92. The van der Waals surface area contributed by atoms with Crippen molar-refractivity contribution in [1.29, 1.82) is 0 Å². The quantitative estimate of drug-likeness (QED) is 0.754. The van der Waals surface area contributed by atoms with Gasteiger partial charge in [-0.1, -0.05) is 0 Å². The number of hydrogen-bond donors (Lipinski definition) is 0. The van der Waals surface area contributed by atoms with Crippen LogP contribution in [0.15, 0.2) is 12.4 Å². The maximum absolute atomic E-state index is 11.1. The molecule has 0 N–H and O–H groups in total. The molecule has 1 atom stereocenters. The first-order valence-electron chi connectivity index (χ1n) is 4.41. The first-order valence-corrected chi connectivity index (χ1v) is 6.47. The van der Waals surface area contributed by atoms with Gasteiger partial charge in [0.1, 0.15) is 15.9 Å². The lowest BCUT2D eigenvalue weighted by molar-refractivity contribution is 0.114. The molecule has 0 aliphatic heterocycles. The zero-order valence-corrected chi connectivity index (χ0v) is 9.78. The molecule has 5 nitrogen and oxygen atoms in total. The average Bonchev–Trinajstić information content (AvgIpc) is 2.14. The molecule has 84 valence electrons. The number of hydrogen-bond acceptors (Lipinski definition) is 5. The fourth-order valence-corrected chi connectivity index (χ4v) is 1.93. The van der Waals surface area contributed by atoms with Crippen molar-refractivity contribution in [2.24, 2.45) is 0 Å². The predicted octanol–water partition coefficient (Wildman–Crippen LogP) is 0.517. The van der Waals surface area contributed by atoms with E-state index in [0.29, 0.717) is 5.82 Å². The van der Waals surface area contributed by atoms with Crippen LogP contribution in [0.2, 0.25) is 0 Å². The van der Waals surface area contributed by atoms with Crippen molar-refractivity contribution in [2.45, 2.75) is 13.0 Å². The molecule has 0 spiro atoms. The summed E-state index contributed by atoms with van der Waals surface area (Å²) in [7, 11) is -1.66. The van der Waals surface area contributed by atoms with Gasteiger partial charge in [0, 0.05) is 25.8 Å². The maximum Gasteiger partial charge on any atom is 0.158 e. The number of ether oxygens (including phenoxy) is 1. The van der Waals surface area contributed by atoms with Gasteiger partial charge in [0.15, 0.2) is 5.82 Å². The highest BCUT2D eigenvalue weighted by atomic mass is 32.2. The molecule has 0 fully saturated rings. The molecule has 0 bridgehead atoms. The summed E-state index contributed by atoms with van der Waals surface area (Å²) in [6, 6.07) is 0. The van der Waals surface area contributed by atoms with Crippen molar-refractivity contribution in [3.63, 3.8) is 0 Å². The summed E-state index contributed by atoms with van der Waals surface area (Å²) < 4.78 is 27.3. The predicted molar refractivity (Wildman–Crippen MR) is 56.2 cm³/mol. The largest absolute Gasteiger partial charge is 0.372 e. The van der Waals surface area contributed by atoms with Crippen LogP contribution >= 0.6 is 0 Å². The molecule has 6 heteroatoms. The molecule has 1 aromatic heterocycles. The third-order valence-electron chi connectivity index (χ3n) is 1.83. The molecule has 1 aromatic rings. The van der Waals surface area contributed by atoms with E-state index in [-0.39, 0.29) is 5.75 Å². The summed E-state index contributed by atoms with van der Waals surface area (Å²) >= 11 is 0. The van der Waals surface area contributed by atoms with Crippen LogP contribution in [0, 0.1) is 6.92 Å². The van der Waals surface area contributed by atoms with Gasteiger partial charge in [0.25, 0.3) is 0 Å². The van der Waals surface area contributed by atoms with E-state index in [1.165, 1.54) is 7.11 Å². The van der Waals surface area contributed by atoms with E-state index >= 15 is 0 Å². The fourth-order valence-electron chi connectivity index (χ4n) is 1.09. The second-order valence-electron chi connectivity index (χ2n) is 3.44. The lowest BCUT2D eigenvalue weighted by Gasteiger charge is -2.12. The van der Waals surface area contributed by atoms with Crippen LogP contribution in [0.25, 0.3) is 0 Å². The third kappa shape index (κ3) is 3.93. The van der Waals surface area contributed by atoms with Gasteiger partial charge in [0.2, 0.25) is 0 Å². The van der Waals surface area contributed by atoms with Gasteiger partial charge < -0.3 is 4.74 Å². The molecule has 0 saturated heterocycles. The van der Waals surface area contributed by atoms with Crippen LogP contribution < -0.4 is 0 Å². The van der Waals surface area contributed by atoms with E-state index < -0.39 is 15.9 Å². The molecule has 1 heterocycles. The molecule has 1 rings (SSSR count). The van der Waals surface area contributed by atoms with E-state index in [1.807, 2.05) is 6.92 Å². The molecule has 15 heavy (non-hydrogen) atoms. The Labute approximate surface area is 89.4 Å². The monoisotopic (exact) mass is 230 g/mol. The fraction of sp³-hybridized carbons (Fsp3) is 0.556. The Balaban J connectivity index is 2.88. The Morgan fingerprint density at radius 2 is 1.93 bits per heavy atom. The first kappa shape index (κ1) is 12.1. The van der Waals surface area contributed by atoms with E-state index in [1.54, 1.807) is 12.4 Å². The smallest absolute Gasteiger partial charge is 0.158 e. The van der Waals surface area contributed by atoms with Crippen molar-refractivity contribution in [1.82, 2.24) is 9.97 Å². The minimum Gasteiger partial charge on any atom is -0.372 e. The molecule has 0 amide bonds. The molecule has 0 aliphatic rings. The lowest BCUT2D eigenvalue weighted by Crippen LogP contribution is -2.17. The van der Waals surface area contributed by atoms with Gasteiger partial charge in [-0.15, -0.1) is 0 Å². The Morgan fingerprint density at radius 3 is 2.33 bits per heavy atom. The second-order valence-corrected chi connectivity index (χ2v) is 5.62. The van der Waals surface area contributed by atoms with Gasteiger partial charge in [0.05, 0.1) is 5.75 Å². The number of rotatable bonds is 4. The number of sulfone groups is 1. The normalized spacial score (nSPS) is 13.8. The van der Waals surface area contributed by atoms with Gasteiger partial charge in [-0.3, -0.25) is 0 Å². The summed E-state index contributed by atoms with van der Waals surface area (Å²) in [5, 5.41) is 0. The van der Waals surface area contributed by atoms with Crippen LogP contribution in [-0.4, -0.2) is 37.5 Å². The van der Waals surface area contributed by atoms with E-state index in [2.05, 4.69) is 9.97 Å². The van der Waals surface area contributed by atoms with Crippen LogP contribution in [0.4, 0.5) is 0 Å². The SMILES string of the molecule is CO[C@@H](CS(C)(=O)=O)c1ncc(C)cn1. The highest BCUT2D eigenvalue weighted by Gasteiger charge is 2.19. The summed E-state index contributed by atoms with van der Waals surface area (Å²) in [4.78, 5) is 8.07. The molecule has 0 unspecified atom stereocenters. The third-order valence-corrected chi connectivity index (χ3v) is 2.74. The Bertz CT molecular complexity index is 413. The Hall–Kier alpha value is -1.01. The van der Waals surface area contributed by atoms with Crippen LogP contribution in [0.5, 0.6) is 0 Å². The topological polar surface area (TPSA) is 69.2 Å². The number of nitrogens with zero attached hydrogens (tertiary/aromatic N) is 2. The highest BCUT2D eigenvalue weighted by molar-refractivity contribution is 7.90. The van der Waals surface area contributed by atoms with Crippen molar-refractivity contribution in [3.8, 4) is 0 Å². The summed E-state index contributed by atoms with van der Waals surface area (Å²) in [5.74, 6) is 0.292. The summed E-state index contributed by atoms with van der Waals surface area (Å²) in [6.45, 7) is 1.86. The maximum atomic E-state index is 11.1. The van der Waals surface area contributed by atoms with Crippen LogP contribution in [0.3, 0.4) is 0 Å². The highest BCUT2D eigenvalue weighted by Crippen LogP contribution is 2.13. The Morgan fingerprint density at radius 1 is 1.40 bits per heavy atom. The van der Waals surface area contributed by atoms with Gasteiger partial charge in [-0.05, 0) is 12.5 Å². The minimum absolute atomic E-state index is 0.105. The van der Waals surface area contributed by atoms with Gasteiger partial charge >= 0.3 is 0 Å². The molecular weight excluding hydrogens is 216 g/mol. The van der Waals surface area contributed by atoms with Gasteiger partial charge in [-0.25, -0.2) is 18.4 Å². The Kier molecular flexibility index (Phi) is 3.76. The van der Waals surface area contributed by atoms with Crippen molar-refractivity contribution in [3.05, 3.63) is 23.8 Å². The molecular formula is C9H14N2O3S. The standard InChI is InChI=1S/C9H14N2O3S/c1-7-4-10-9(11-5-7)8(14-2)6-15(3,12)13/h4-5,8H,6H2,1-3H3/t8-/m0/s1. The minimum atomic E-state index is -3.10. The molecule has 0 aliphatic carbocycles. The number of aromatic nitrogens is 2. The summed E-state index contributed by atoms with van der Waals surface area (Å²) in [5.41, 5.74) is 0.924. The van der Waals surface area contributed by atoms with Crippen LogP contribution in [-0.2, 0) is 14.6 Å². The van der Waals surface area contributed by atoms with Crippen LogP contribution in [0.1, 0.15) is 17.5 Å². The second kappa shape index (κ2) is 4.67. The van der Waals surface area contributed by atoms with E-state index in [0.717, 1.165) is 11.8 Å². The zero-order chi connectivity index (χ0) is 11.5. The number of methoxy groups -OCH3 is 1. The van der Waals surface area contributed by atoms with Crippen molar-refractivity contribution in [2.75, 3.05) is 19.1 Å². The lowest BCUT2D eigenvalue weighted by atomic mass is 10.3. The van der Waals surface area contributed by atoms with Crippen molar-refractivity contribution >= 4 is 9.84 Å². The molecule has 0 aromatic carbocycles.